The fraction of sp³-hybridized carbons (Fsp3) is 0.929. The molecule has 0 amide bonds. The maximum Gasteiger partial charge on any atom is 0.281 e. The van der Waals surface area contributed by atoms with Crippen LogP contribution in [0.1, 0.15) is 52.9 Å². The Morgan fingerprint density at radius 1 is 1.33 bits per heavy atom. The van der Waals surface area contributed by atoms with E-state index in [9.17, 15) is 13.2 Å². The molecular weight excluding hydrogens is 316 g/mol. The van der Waals surface area contributed by atoms with Crippen molar-refractivity contribution in [3.8, 4) is 0 Å². The first kappa shape index (κ1) is 17.2. The molecule has 0 unspecified atom stereocenters. The van der Waals surface area contributed by atoms with Gasteiger partial charge in [0.1, 0.15) is 17.1 Å². The lowest BCUT2D eigenvalue weighted by Gasteiger charge is -2.41. The Kier molecular flexibility index (Phi) is 4.74. The number of carbonyl (C=O) groups excluding carboxylic acids is 1. The predicted molar refractivity (Wildman–Crippen MR) is 79.7 cm³/mol. The van der Waals surface area contributed by atoms with E-state index in [-0.39, 0.29) is 17.3 Å². The van der Waals surface area contributed by atoms with Crippen molar-refractivity contribution < 1.29 is 22.1 Å². The van der Waals surface area contributed by atoms with Gasteiger partial charge in [-0.25, -0.2) is 0 Å². The lowest BCUT2D eigenvalue weighted by atomic mass is 9.70. The van der Waals surface area contributed by atoms with Gasteiger partial charge in [-0.05, 0) is 33.1 Å². The molecule has 1 aliphatic carbocycles. The van der Waals surface area contributed by atoms with Crippen LogP contribution in [0.15, 0.2) is 0 Å². The third-order valence-corrected chi connectivity index (χ3v) is 6.25. The largest absolute Gasteiger partial charge is 0.369 e. The summed E-state index contributed by atoms with van der Waals surface area (Å²) < 4.78 is 34.7. The molecule has 7 heteroatoms. The van der Waals surface area contributed by atoms with Gasteiger partial charge >= 0.3 is 0 Å². The molecule has 0 bridgehead atoms. The van der Waals surface area contributed by atoms with Crippen LogP contribution in [0.3, 0.4) is 0 Å². The van der Waals surface area contributed by atoms with Crippen molar-refractivity contribution in [1.82, 2.24) is 0 Å². The Bertz CT molecular complexity index is 515. The molecule has 3 atom stereocenters. The van der Waals surface area contributed by atoms with E-state index in [1.165, 1.54) is 0 Å². The minimum atomic E-state index is -3.75. The highest BCUT2D eigenvalue weighted by atomic mass is 35.5. The number of fused-ring (bicyclic) bond motifs is 1. The first-order chi connectivity index (χ1) is 9.58. The summed E-state index contributed by atoms with van der Waals surface area (Å²) in [4.78, 5) is 11.8. The Labute approximate surface area is 131 Å². The first-order valence-electron chi connectivity index (χ1n) is 7.24. The summed E-state index contributed by atoms with van der Waals surface area (Å²) in [5.74, 6) is 0.253. The maximum absolute atomic E-state index is 11.8. The van der Waals surface area contributed by atoms with Gasteiger partial charge < -0.3 is 4.74 Å². The van der Waals surface area contributed by atoms with Gasteiger partial charge in [0.15, 0.2) is 0 Å². The molecule has 2 fully saturated rings. The molecule has 0 radical (unpaired) electrons. The second kappa shape index (κ2) is 5.80. The number of carbonyl (C=O) groups is 1. The summed E-state index contributed by atoms with van der Waals surface area (Å²) in [7, 11) is -3.75. The van der Waals surface area contributed by atoms with Crippen molar-refractivity contribution in [1.29, 1.82) is 0 Å². The molecule has 0 aromatic heterocycles. The van der Waals surface area contributed by atoms with Crippen molar-refractivity contribution in [3.05, 3.63) is 0 Å². The standard InChI is InChI=1S/C14H23ClO5S/c1-13(2)11(20-21(17,18)9-15)6-7-14(3)8-10(16)4-5-12(14)19-13/h11-12H,4-9H2,1-3H3/t11-,12-,14-/m1/s1. The number of alkyl halides is 1. The summed E-state index contributed by atoms with van der Waals surface area (Å²) in [6, 6.07) is 0. The van der Waals surface area contributed by atoms with Crippen molar-refractivity contribution in [2.45, 2.75) is 70.7 Å². The highest BCUT2D eigenvalue weighted by molar-refractivity contribution is 7.87. The summed E-state index contributed by atoms with van der Waals surface area (Å²) in [5, 5.41) is -0.571. The zero-order valence-corrected chi connectivity index (χ0v) is 14.3. The fourth-order valence-electron chi connectivity index (χ4n) is 3.36. The molecule has 5 nitrogen and oxygen atoms in total. The van der Waals surface area contributed by atoms with Crippen LogP contribution >= 0.6 is 11.6 Å². The predicted octanol–water partition coefficient (Wildman–Crippen LogP) is 2.61. The maximum atomic E-state index is 11.8. The van der Waals surface area contributed by atoms with E-state index >= 15 is 0 Å². The molecule has 2 rings (SSSR count). The van der Waals surface area contributed by atoms with Crippen LogP contribution in [0, 0.1) is 5.41 Å². The lowest BCUT2D eigenvalue weighted by Crippen LogP contribution is -2.46. The fourth-order valence-corrected chi connectivity index (χ4v) is 4.25. The number of halogens is 1. The highest BCUT2D eigenvalue weighted by Crippen LogP contribution is 2.46. The van der Waals surface area contributed by atoms with Gasteiger partial charge in [0.2, 0.25) is 0 Å². The molecule has 21 heavy (non-hydrogen) atoms. The average Bonchev–Trinajstić information content (AvgIpc) is 2.46. The molecular formula is C14H23ClO5S. The minimum absolute atomic E-state index is 0.0440. The molecule has 1 heterocycles. The third-order valence-electron chi connectivity index (χ3n) is 4.66. The van der Waals surface area contributed by atoms with E-state index in [4.69, 9.17) is 20.5 Å². The van der Waals surface area contributed by atoms with Crippen molar-refractivity contribution >= 4 is 27.5 Å². The van der Waals surface area contributed by atoms with Gasteiger partial charge in [-0.3, -0.25) is 8.98 Å². The summed E-state index contributed by atoms with van der Waals surface area (Å²) in [6.45, 7) is 5.72. The minimum Gasteiger partial charge on any atom is -0.369 e. The number of hydrogen-bond donors (Lipinski definition) is 0. The number of rotatable bonds is 3. The molecule has 1 saturated heterocycles. The van der Waals surface area contributed by atoms with Gasteiger partial charge in [-0.1, -0.05) is 6.92 Å². The number of hydrogen-bond acceptors (Lipinski definition) is 5. The molecule has 2 aliphatic rings. The summed E-state index contributed by atoms with van der Waals surface area (Å²) in [5.41, 5.74) is -0.975. The third kappa shape index (κ3) is 3.78. The average molecular weight is 339 g/mol. The lowest BCUT2D eigenvalue weighted by molar-refractivity contribution is -0.159. The molecule has 0 aromatic rings. The quantitative estimate of drug-likeness (QED) is 0.584. The van der Waals surface area contributed by atoms with E-state index in [0.717, 1.165) is 0 Å². The number of ether oxygens (including phenoxy) is 1. The number of ketones is 1. The van der Waals surface area contributed by atoms with Gasteiger partial charge in [-0.2, -0.15) is 8.42 Å². The van der Waals surface area contributed by atoms with E-state index in [0.29, 0.717) is 32.1 Å². The topological polar surface area (TPSA) is 69.7 Å². The SMILES string of the molecule is CC1(C)O[C@@H]2CCC(=O)C[C@@]2(C)CC[C@H]1OS(=O)(=O)CCl. The van der Waals surface area contributed by atoms with Crippen molar-refractivity contribution in [2.75, 3.05) is 5.21 Å². The zero-order chi connectivity index (χ0) is 15.9. The Morgan fingerprint density at radius 3 is 2.62 bits per heavy atom. The molecule has 1 saturated carbocycles. The smallest absolute Gasteiger partial charge is 0.281 e. The van der Waals surface area contributed by atoms with Gasteiger partial charge in [0.25, 0.3) is 10.1 Å². The molecule has 0 aromatic carbocycles. The second-order valence-corrected chi connectivity index (χ2v) is 9.09. The van der Waals surface area contributed by atoms with E-state index < -0.39 is 27.0 Å². The Balaban J connectivity index is 2.22. The van der Waals surface area contributed by atoms with Gasteiger partial charge in [0, 0.05) is 18.3 Å². The van der Waals surface area contributed by atoms with Crippen LogP contribution in [0.5, 0.6) is 0 Å². The zero-order valence-electron chi connectivity index (χ0n) is 12.7. The summed E-state index contributed by atoms with van der Waals surface area (Å²) in [6.07, 6.45) is 2.31. The van der Waals surface area contributed by atoms with Crippen molar-refractivity contribution in [2.24, 2.45) is 5.41 Å². The van der Waals surface area contributed by atoms with Crippen LogP contribution in [-0.2, 0) is 23.8 Å². The molecule has 0 N–H and O–H groups in total. The van der Waals surface area contributed by atoms with Crippen LogP contribution in [0.4, 0.5) is 0 Å². The molecule has 1 aliphatic heterocycles. The van der Waals surface area contributed by atoms with Gasteiger partial charge in [-0.15, -0.1) is 11.6 Å². The molecule has 0 spiro atoms. The monoisotopic (exact) mass is 338 g/mol. The van der Waals surface area contributed by atoms with Crippen LogP contribution in [0.25, 0.3) is 0 Å². The first-order valence-corrected chi connectivity index (χ1v) is 9.36. The highest BCUT2D eigenvalue weighted by Gasteiger charge is 2.49. The van der Waals surface area contributed by atoms with E-state index in [1.54, 1.807) is 0 Å². The summed E-state index contributed by atoms with van der Waals surface area (Å²) >= 11 is 5.42. The Hall–Kier alpha value is -0.170. The molecule has 122 valence electrons. The number of Topliss-reactive ketones (excluding diaryl/α,β-unsaturated/α-hetero) is 1. The van der Waals surface area contributed by atoms with E-state index in [2.05, 4.69) is 0 Å². The van der Waals surface area contributed by atoms with E-state index in [1.807, 2.05) is 20.8 Å². The van der Waals surface area contributed by atoms with Crippen LogP contribution < -0.4 is 0 Å². The van der Waals surface area contributed by atoms with Crippen molar-refractivity contribution in [3.63, 3.8) is 0 Å². The normalized spacial score (nSPS) is 36.9. The second-order valence-electron chi connectivity index (χ2n) is 6.91. The Morgan fingerprint density at radius 2 is 2.00 bits per heavy atom. The van der Waals surface area contributed by atoms with Crippen LogP contribution in [-0.4, -0.2) is 37.2 Å². The van der Waals surface area contributed by atoms with Gasteiger partial charge in [0.05, 0.1) is 11.7 Å². The van der Waals surface area contributed by atoms with Crippen LogP contribution in [0.2, 0.25) is 0 Å².